The summed E-state index contributed by atoms with van der Waals surface area (Å²) in [4.78, 5) is 0. The molecule has 0 aliphatic carbocycles. The number of benzene rings is 2. The third kappa shape index (κ3) is 3.37. The van der Waals surface area contributed by atoms with Crippen LogP contribution in [0.5, 0.6) is 0 Å². The first-order valence-electron chi connectivity index (χ1n) is 6.02. The molecule has 0 fully saturated rings. The molecule has 0 aromatic heterocycles. The van der Waals surface area contributed by atoms with Crippen LogP contribution in [0.1, 0.15) is 27.6 Å². The van der Waals surface area contributed by atoms with Crippen molar-refractivity contribution in [1.29, 1.82) is 0 Å². The molecule has 0 heterocycles. The van der Waals surface area contributed by atoms with Crippen molar-refractivity contribution >= 4 is 27.5 Å². The Morgan fingerprint density at radius 3 is 2.50 bits per heavy atom. The zero-order chi connectivity index (χ0) is 13.1. The minimum atomic E-state index is 0.0182. The second-order valence-corrected chi connectivity index (χ2v) is 6.09. The molecule has 1 atom stereocenters. The summed E-state index contributed by atoms with van der Waals surface area (Å²) in [6.07, 6.45) is 0.860. The lowest BCUT2D eigenvalue weighted by Gasteiger charge is -2.11. The summed E-state index contributed by atoms with van der Waals surface area (Å²) in [5.41, 5.74) is 5.10. The topological polar surface area (TPSA) is 0 Å². The predicted molar refractivity (Wildman–Crippen MR) is 82.4 cm³/mol. The van der Waals surface area contributed by atoms with Crippen molar-refractivity contribution < 1.29 is 0 Å². The van der Waals surface area contributed by atoms with Crippen molar-refractivity contribution in [2.75, 3.05) is 0 Å². The van der Waals surface area contributed by atoms with Gasteiger partial charge in [0.1, 0.15) is 0 Å². The molecule has 2 aromatic carbocycles. The van der Waals surface area contributed by atoms with Gasteiger partial charge in [0.2, 0.25) is 0 Å². The van der Waals surface area contributed by atoms with Crippen molar-refractivity contribution in [3.63, 3.8) is 0 Å². The van der Waals surface area contributed by atoms with Crippen LogP contribution in [-0.4, -0.2) is 0 Å². The standard InChI is InChI=1S/C16H16BrCl/c1-11-6-7-13(8-12(11)2)9-16(18)14-4-3-5-15(17)10-14/h3-8,10,16H,9H2,1-2H3. The normalized spacial score (nSPS) is 12.4. The van der Waals surface area contributed by atoms with Gasteiger partial charge in [-0.1, -0.05) is 46.3 Å². The molecule has 0 bridgehead atoms. The van der Waals surface area contributed by atoms with Crippen LogP contribution < -0.4 is 0 Å². The second-order valence-electron chi connectivity index (χ2n) is 4.65. The number of rotatable bonds is 3. The highest BCUT2D eigenvalue weighted by Gasteiger charge is 2.09. The number of halogens is 2. The fourth-order valence-corrected chi connectivity index (χ4v) is 2.69. The van der Waals surface area contributed by atoms with E-state index in [1.54, 1.807) is 0 Å². The highest BCUT2D eigenvalue weighted by molar-refractivity contribution is 9.10. The number of hydrogen-bond acceptors (Lipinski definition) is 0. The van der Waals surface area contributed by atoms with Crippen LogP contribution in [0.15, 0.2) is 46.9 Å². The molecule has 0 radical (unpaired) electrons. The van der Waals surface area contributed by atoms with Crippen LogP contribution in [0.2, 0.25) is 0 Å². The van der Waals surface area contributed by atoms with E-state index in [0.29, 0.717) is 0 Å². The van der Waals surface area contributed by atoms with E-state index in [0.717, 1.165) is 16.5 Å². The maximum atomic E-state index is 6.48. The summed E-state index contributed by atoms with van der Waals surface area (Å²) in [6, 6.07) is 14.7. The quantitative estimate of drug-likeness (QED) is 0.646. The van der Waals surface area contributed by atoms with Gasteiger partial charge in [-0.3, -0.25) is 0 Å². The molecule has 2 heteroatoms. The molecule has 94 valence electrons. The lowest BCUT2D eigenvalue weighted by atomic mass is 10.0. The molecule has 2 aromatic rings. The number of alkyl halides is 1. The van der Waals surface area contributed by atoms with Crippen molar-refractivity contribution in [3.8, 4) is 0 Å². The average molecular weight is 324 g/mol. The van der Waals surface area contributed by atoms with Crippen LogP contribution in [-0.2, 0) is 6.42 Å². The summed E-state index contributed by atoms with van der Waals surface area (Å²) in [5.74, 6) is 0. The minimum Gasteiger partial charge on any atom is -0.117 e. The van der Waals surface area contributed by atoms with Crippen molar-refractivity contribution in [2.45, 2.75) is 25.6 Å². The molecule has 0 saturated heterocycles. The van der Waals surface area contributed by atoms with Crippen LogP contribution in [0, 0.1) is 13.8 Å². The van der Waals surface area contributed by atoms with E-state index in [1.165, 1.54) is 16.7 Å². The summed E-state index contributed by atoms with van der Waals surface area (Å²) < 4.78 is 1.07. The summed E-state index contributed by atoms with van der Waals surface area (Å²) in [7, 11) is 0. The van der Waals surface area contributed by atoms with E-state index in [1.807, 2.05) is 12.1 Å². The molecule has 0 amide bonds. The molecule has 0 aliphatic heterocycles. The van der Waals surface area contributed by atoms with Gasteiger partial charge in [0.05, 0.1) is 5.38 Å². The molecule has 1 unspecified atom stereocenters. The number of hydrogen-bond donors (Lipinski definition) is 0. The molecule has 0 spiro atoms. The van der Waals surface area contributed by atoms with Crippen molar-refractivity contribution in [1.82, 2.24) is 0 Å². The summed E-state index contributed by atoms with van der Waals surface area (Å²) in [6.45, 7) is 4.27. The van der Waals surface area contributed by atoms with Crippen LogP contribution >= 0.6 is 27.5 Å². The summed E-state index contributed by atoms with van der Waals surface area (Å²) in [5, 5.41) is 0.0182. The van der Waals surface area contributed by atoms with Crippen LogP contribution in [0.3, 0.4) is 0 Å². The maximum Gasteiger partial charge on any atom is 0.0625 e. The SMILES string of the molecule is Cc1ccc(CC(Cl)c2cccc(Br)c2)cc1C. The molecule has 0 saturated carbocycles. The van der Waals surface area contributed by atoms with Gasteiger partial charge in [-0.25, -0.2) is 0 Å². The molecule has 0 nitrogen and oxygen atoms in total. The Labute approximate surface area is 122 Å². The van der Waals surface area contributed by atoms with Gasteiger partial charge in [0, 0.05) is 4.47 Å². The Morgan fingerprint density at radius 2 is 1.83 bits per heavy atom. The Bertz CT molecular complexity index is 549. The van der Waals surface area contributed by atoms with Crippen LogP contribution in [0.4, 0.5) is 0 Å². The zero-order valence-electron chi connectivity index (χ0n) is 10.6. The first-order valence-corrected chi connectivity index (χ1v) is 7.25. The first-order chi connectivity index (χ1) is 8.56. The maximum absolute atomic E-state index is 6.48. The van der Waals surface area contributed by atoms with Crippen LogP contribution in [0.25, 0.3) is 0 Å². The van der Waals surface area contributed by atoms with Gasteiger partial charge >= 0.3 is 0 Å². The van der Waals surface area contributed by atoms with Crippen molar-refractivity contribution in [3.05, 3.63) is 69.2 Å². The van der Waals surface area contributed by atoms with E-state index in [4.69, 9.17) is 11.6 Å². The third-order valence-corrected chi connectivity index (χ3v) is 4.10. The fraction of sp³-hybridized carbons (Fsp3) is 0.250. The van der Waals surface area contributed by atoms with Gasteiger partial charge in [-0.15, -0.1) is 11.6 Å². The van der Waals surface area contributed by atoms with E-state index in [9.17, 15) is 0 Å². The monoisotopic (exact) mass is 322 g/mol. The van der Waals surface area contributed by atoms with Crippen molar-refractivity contribution in [2.24, 2.45) is 0 Å². The van der Waals surface area contributed by atoms with E-state index < -0.39 is 0 Å². The highest BCUT2D eigenvalue weighted by atomic mass is 79.9. The first kappa shape index (κ1) is 13.6. The number of aryl methyl sites for hydroxylation is 2. The zero-order valence-corrected chi connectivity index (χ0v) is 12.9. The third-order valence-electron chi connectivity index (χ3n) is 3.20. The highest BCUT2D eigenvalue weighted by Crippen LogP contribution is 2.27. The van der Waals surface area contributed by atoms with E-state index in [2.05, 4.69) is 60.1 Å². The largest absolute Gasteiger partial charge is 0.117 e. The van der Waals surface area contributed by atoms with E-state index >= 15 is 0 Å². The summed E-state index contributed by atoms with van der Waals surface area (Å²) >= 11 is 9.96. The van der Waals surface area contributed by atoms with Gasteiger partial charge in [0.15, 0.2) is 0 Å². The molecule has 2 rings (SSSR count). The van der Waals surface area contributed by atoms with Gasteiger partial charge in [0.25, 0.3) is 0 Å². The Morgan fingerprint density at radius 1 is 1.06 bits per heavy atom. The minimum absolute atomic E-state index is 0.0182. The smallest absolute Gasteiger partial charge is 0.0625 e. The fourth-order valence-electron chi connectivity index (χ4n) is 1.96. The molecule has 18 heavy (non-hydrogen) atoms. The van der Waals surface area contributed by atoms with Gasteiger partial charge in [-0.05, 0) is 54.7 Å². The van der Waals surface area contributed by atoms with Gasteiger partial charge in [-0.2, -0.15) is 0 Å². The van der Waals surface area contributed by atoms with Gasteiger partial charge < -0.3 is 0 Å². The molecule has 0 N–H and O–H groups in total. The lowest BCUT2D eigenvalue weighted by Crippen LogP contribution is -1.97. The lowest BCUT2D eigenvalue weighted by molar-refractivity contribution is 0.916. The molecular weight excluding hydrogens is 308 g/mol. The predicted octanol–water partition coefficient (Wildman–Crippen LogP) is 5.59. The Balaban J connectivity index is 2.16. The second kappa shape index (κ2) is 5.90. The average Bonchev–Trinajstić information content (AvgIpc) is 2.34. The Kier molecular flexibility index (Phi) is 4.47. The van der Waals surface area contributed by atoms with E-state index in [-0.39, 0.29) is 5.38 Å². The Hall–Kier alpha value is -0.790. The molecular formula is C16H16BrCl. The molecule has 0 aliphatic rings.